The highest BCUT2D eigenvalue weighted by Crippen LogP contribution is 2.43. The predicted molar refractivity (Wildman–Crippen MR) is 330 cm³/mol. The number of ether oxygens (including phenoxy) is 2. The first-order chi connectivity index (χ1) is 37.8. The van der Waals surface area contributed by atoms with E-state index in [0.29, 0.717) is 6.42 Å². The molecule has 77 heavy (non-hydrogen) atoms. The monoisotopic (exact) mass is 1090 g/mol. The van der Waals surface area contributed by atoms with E-state index >= 15 is 0 Å². The molecule has 0 radical (unpaired) electrons. The van der Waals surface area contributed by atoms with Crippen molar-refractivity contribution in [2.75, 3.05) is 26.4 Å². The summed E-state index contributed by atoms with van der Waals surface area (Å²) in [5.74, 6) is -0.856. The molecule has 0 saturated heterocycles. The van der Waals surface area contributed by atoms with Gasteiger partial charge in [0.1, 0.15) is 6.61 Å². The third kappa shape index (κ3) is 61.5. The average molecular weight is 1090 g/mol. The fraction of sp³-hybridized carbons (Fsp3) is 0.672. The van der Waals surface area contributed by atoms with Gasteiger partial charge < -0.3 is 20.1 Å². The smallest absolute Gasteiger partial charge is 0.462 e. The molecule has 0 rings (SSSR count). The lowest BCUT2D eigenvalue weighted by molar-refractivity contribution is -0.161. The summed E-state index contributed by atoms with van der Waals surface area (Å²) in [6, 6.07) is 0. The number of esters is 2. The van der Waals surface area contributed by atoms with Gasteiger partial charge in [-0.15, -0.1) is 0 Å². The average Bonchev–Trinajstić information content (AvgIpc) is 3.42. The molecule has 0 aromatic carbocycles. The van der Waals surface area contributed by atoms with Gasteiger partial charge in [-0.3, -0.25) is 18.6 Å². The fourth-order valence-electron chi connectivity index (χ4n) is 8.31. The van der Waals surface area contributed by atoms with E-state index < -0.39 is 26.5 Å². The van der Waals surface area contributed by atoms with Crippen LogP contribution in [0, 0.1) is 0 Å². The highest BCUT2D eigenvalue weighted by Gasteiger charge is 2.26. The summed E-state index contributed by atoms with van der Waals surface area (Å²) < 4.78 is 33.0. The van der Waals surface area contributed by atoms with Crippen LogP contribution in [0.4, 0.5) is 0 Å². The second-order valence-corrected chi connectivity index (χ2v) is 21.7. The van der Waals surface area contributed by atoms with Crippen LogP contribution in [-0.4, -0.2) is 49.3 Å². The van der Waals surface area contributed by atoms with Crippen LogP contribution in [0.25, 0.3) is 0 Å². The summed E-state index contributed by atoms with van der Waals surface area (Å²) >= 11 is 0. The summed E-state index contributed by atoms with van der Waals surface area (Å²) in [5.41, 5.74) is 5.38. The molecule has 0 aromatic heterocycles. The lowest BCUT2D eigenvalue weighted by Crippen LogP contribution is -2.29. The Balaban J connectivity index is 4.05. The van der Waals surface area contributed by atoms with Gasteiger partial charge in [0.2, 0.25) is 0 Å². The second-order valence-electron chi connectivity index (χ2n) is 20.2. The zero-order valence-corrected chi connectivity index (χ0v) is 50.0. The van der Waals surface area contributed by atoms with E-state index in [1.807, 2.05) is 0 Å². The number of phosphoric ester groups is 1. The van der Waals surface area contributed by atoms with E-state index in [1.54, 1.807) is 0 Å². The number of hydrogen-bond acceptors (Lipinski definition) is 8. The number of phosphoric acid groups is 1. The molecule has 0 aliphatic rings. The second kappa shape index (κ2) is 61.6. The Bertz CT molecular complexity index is 1670. The molecule has 0 amide bonds. The predicted octanol–water partition coefficient (Wildman–Crippen LogP) is 20.0. The summed E-state index contributed by atoms with van der Waals surface area (Å²) in [7, 11) is -4.40. The Morgan fingerprint density at radius 3 is 1.06 bits per heavy atom. The molecule has 0 saturated carbocycles. The van der Waals surface area contributed by atoms with Gasteiger partial charge in [0.25, 0.3) is 0 Å². The molecule has 440 valence electrons. The standard InChI is InChI=1S/C67H114NO8P/c1-3-5-7-9-11-13-15-17-19-21-23-25-26-27-28-29-30-31-32-33-34-35-36-37-38-40-42-44-46-48-50-52-54-56-58-60-67(70)76-65(64-75-77(71,72)74-62-61-68)63-73-66(69)59-57-55-53-51-49-47-45-43-41-39-24-22-20-18-16-14-12-10-8-6-4-2/h5,7,11,13,17,19,23,25,27-28,30-31,33-34,36-37,40,42,46,48,65H,3-4,6,8-10,12,14-16,18,20-22,24,26,29,32,35,38-39,41,43-45,47,49-64,68H2,1-2H3,(H,71,72)/b7-5-,13-11-,19-17-,25-23-,28-27-,31-30-,34-33-,37-36-,42-40-,48-46-. The Hall–Kier alpha value is -3.59. The van der Waals surface area contributed by atoms with Crippen LogP contribution in [0.3, 0.4) is 0 Å². The zero-order chi connectivity index (χ0) is 55.9. The van der Waals surface area contributed by atoms with Gasteiger partial charge in [-0.25, -0.2) is 4.57 Å². The maximum absolute atomic E-state index is 12.7. The van der Waals surface area contributed by atoms with Gasteiger partial charge in [0.15, 0.2) is 6.10 Å². The van der Waals surface area contributed by atoms with Crippen molar-refractivity contribution in [1.82, 2.24) is 0 Å². The Labute approximate surface area is 472 Å². The highest BCUT2D eigenvalue weighted by atomic mass is 31.2. The zero-order valence-electron chi connectivity index (χ0n) is 49.2. The molecule has 9 nitrogen and oxygen atoms in total. The maximum Gasteiger partial charge on any atom is 0.472 e. The van der Waals surface area contributed by atoms with Crippen LogP contribution in [0.2, 0.25) is 0 Å². The quantitative estimate of drug-likeness (QED) is 0.0264. The molecule has 0 spiro atoms. The van der Waals surface area contributed by atoms with Crippen LogP contribution in [0.1, 0.15) is 258 Å². The van der Waals surface area contributed by atoms with Crippen LogP contribution >= 0.6 is 7.82 Å². The summed E-state index contributed by atoms with van der Waals surface area (Å²) in [6.45, 7) is 3.61. The van der Waals surface area contributed by atoms with E-state index in [9.17, 15) is 19.0 Å². The van der Waals surface area contributed by atoms with Gasteiger partial charge in [0, 0.05) is 19.4 Å². The third-order valence-corrected chi connectivity index (χ3v) is 13.8. The molecule has 0 aliphatic carbocycles. The third-order valence-electron chi connectivity index (χ3n) is 12.9. The van der Waals surface area contributed by atoms with Gasteiger partial charge in [-0.2, -0.15) is 0 Å². The molecule has 3 N–H and O–H groups in total. The van der Waals surface area contributed by atoms with Crippen molar-refractivity contribution in [2.45, 2.75) is 264 Å². The Morgan fingerprint density at radius 2 is 0.714 bits per heavy atom. The molecule has 0 aliphatic heterocycles. The maximum atomic E-state index is 12.7. The number of carbonyl (C=O) groups is 2. The molecule has 2 unspecified atom stereocenters. The first-order valence-corrected chi connectivity index (χ1v) is 32.5. The van der Waals surface area contributed by atoms with Crippen molar-refractivity contribution in [3.05, 3.63) is 122 Å². The Kier molecular flexibility index (Phi) is 58.7. The molecular weight excluding hydrogens is 978 g/mol. The molecular formula is C67H114NO8P. The van der Waals surface area contributed by atoms with Crippen molar-refractivity contribution >= 4 is 19.8 Å². The molecule has 2 atom stereocenters. The van der Waals surface area contributed by atoms with Crippen molar-refractivity contribution in [2.24, 2.45) is 5.73 Å². The van der Waals surface area contributed by atoms with Crippen LogP contribution < -0.4 is 5.73 Å². The van der Waals surface area contributed by atoms with Crippen LogP contribution in [-0.2, 0) is 32.7 Å². The first-order valence-electron chi connectivity index (χ1n) is 31.0. The van der Waals surface area contributed by atoms with E-state index in [0.717, 1.165) is 109 Å². The van der Waals surface area contributed by atoms with Gasteiger partial charge in [-0.1, -0.05) is 277 Å². The number of unbranched alkanes of at least 4 members (excludes halogenated alkanes) is 24. The number of rotatable bonds is 57. The fourth-order valence-corrected chi connectivity index (χ4v) is 9.08. The van der Waals surface area contributed by atoms with Gasteiger partial charge in [-0.05, 0) is 89.9 Å². The minimum atomic E-state index is -4.40. The van der Waals surface area contributed by atoms with Gasteiger partial charge in [0.05, 0.1) is 13.2 Å². The minimum Gasteiger partial charge on any atom is -0.462 e. The van der Waals surface area contributed by atoms with E-state index in [1.165, 1.54) is 116 Å². The van der Waals surface area contributed by atoms with E-state index in [2.05, 4.69) is 135 Å². The molecule has 10 heteroatoms. The van der Waals surface area contributed by atoms with Crippen molar-refractivity contribution in [3.63, 3.8) is 0 Å². The first kappa shape index (κ1) is 73.4. The van der Waals surface area contributed by atoms with Crippen LogP contribution in [0.15, 0.2) is 122 Å². The highest BCUT2D eigenvalue weighted by molar-refractivity contribution is 7.47. The number of allylic oxidation sites excluding steroid dienone is 20. The lowest BCUT2D eigenvalue weighted by Gasteiger charge is -2.19. The van der Waals surface area contributed by atoms with Crippen LogP contribution in [0.5, 0.6) is 0 Å². The SMILES string of the molecule is CC/C=C\C/C=C\C/C=C\C/C=C\C/C=C\C/C=C\C/C=C\C/C=C\C/C=C\C/C=C\CCCCCCC(=O)OC(COC(=O)CCCCCCCCCCCCCCCCCCCCCCC)COP(=O)(O)OCCN. The minimum absolute atomic E-state index is 0.0440. The molecule has 0 heterocycles. The number of hydrogen-bond donors (Lipinski definition) is 2. The summed E-state index contributed by atoms with van der Waals surface area (Å²) in [5, 5.41) is 0. The van der Waals surface area contributed by atoms with E-state index in [4.69, 9.17) is 24.3 Å². The molecule has 0 fully saturated rings. The topological polar surface area (TPSA) is 134 Å². The van der Waals surface area contributed by atoms with Crippen molar-refractivity contribution < 1.29 is 37.6 Å². The van der Waals surface area contributed by atoms with Gasteiger partial charge >= 0.3 is 19.8 Å². The summed E-state index contributed by atoms with van der Waals surface area (Å²) in [4.78, 5) is 35.2. The summed E-state index contributed by atoms with van der Waals surface area (Å²) in [6.07, 6.45) is 85.5. The van der Waals surface area contributed by atoms with Crippen molar-refractivity contribution in [3.8, 4) is 0 Å². The largest absolute Gasteiger partial charge is 0.472 e. The lowest BCUT2D eigenvalue weighted by atomic mass is 10.0. The Morgan fingerprint density at radius 1 is 0.403 bits per heavy atom. The number of nitrogens with two attached hydrogens (primary N) is 1. The van der Waals surface area contributed by atoms with E-state index in [-0.39, 0.29) is 38.6 Å². The molecule has 0 aromatic rings. The van der Waals surface area contributed by atoms with Crippen molar-refractivity contribution in [1.29, 1.82) is 0 Å². The normalized spacial score (nSPS) is 13.9. The molecule has 0 bridgehead atoms. The number of carbonyl (C=O) groups excluding carboxylic acids is 2.